The van der Waals surface area contributed by atoms with Gasteiger partial charge in [-0.1, -0.05) is 35.9 Å². The van der Waals surface area contributed by atoms with Crippen LogP contribution in [0.1, 0.15) is 40.5 Å². The first-order chi connectivity index (χ1) is 15.0. The fourth-order valence-electron chi connectivity index (χ4n) is 4.38. The quantitative estimate of drug-likeness (QED) is 0.471. The lowest BCUT2D eigenvalue weighted by Gasteiger charge is -2.28. The number of carbonyl (C=O) groups excluding carboxylic acids is 1. The number of nitro benzene ring substituents is 1. The summed E-state index contributed by atoms with van der Waals surface area (Å²) >= 11 is 6.04. The third kappa shape index (κ3) is 3.47. The zero-order valence-electron chi connectivity index (χ0n) is 16.5. The summed E-state index contributed by atoms with van der Waals surface area (Å²) in [5.74, 6) is -0.185. The van der Waals surface area contributed by atoms with Crippen molar-refractivity contribution in [1.29, 1.82) is 0 Å². The molecule has 31 heavy (non-hydrogen) atoms. The number of H-pyrrole nitrogens is 1. The van der Waals surface area contributed by atoms with Gasteiger partial charge in [-0.2, -0.15) is 5.10 Å². The van der Waals surface area contributed by atoms with Gasteiger partial charge in [-0.25, -0.2) is 0 Å². The lowest BCUT2D eigenvalue weighted by molar-refractivity contribution is -0.384. The molecule has 1 fully saturated rings. The number of hydrogen-bond acceptors (Lipinski definition) is 5. The molecular weight excluding hydrogens is 420 g/mol. The first-order valence-corrected chi connectivity index (χ1v) is 10.4. The molecule has 2 atom stereocenters. The van der Waals surface area contributed by atoms with Crippen LogP contribution in [0.3, 0.4) is 0 Å². The van der Waals surface area contributed by atoms with Gasteiger partial charge in [0.2, 0.25) is 0 Å². The summed E-state index contributed by atoms with van der Waals surface area (Å²) in [6.45, 7) is 1.09. The molecule has 3 heterocycles. The highest BCUT2D eigenvalue weighted by molar-refractivity contribution is 6.30. The summed E-state index contributed by atoms with van der Waals surface area (Å²) in [5.41, 5.74) is 3.20. The Labute approximate surface area is 182 Å². The molecule has 2 aromatic carbocycles. The number of nitrogens with zero attached hydrogens (tertiary/aromatic N) is 3. The first kappa shape index (κ1) is 19.7. The van der Waals surface area contributed by atoms with E-state index in [1.54, 1.807) is 29.2 Å². The average molecular weight is 439 g/mol. The number of rotatable bonds is 5. The molecule has 2 aliphatic rings. The lowest BCUT2D eigenvalue weighted by atomic mass is 9.95. The van der Waals surface area contributed by atoms with E-state index in [0.717, 1.165) is 18.4 Å². The second-order valence-electron chi connectivity index (χ2n) is 7.71. The highest BCUT2D eigenvalue weighted by atomic mass is 35.5. The number of nitrogens with one attached hydrogen (secondary N) is 1. The van der Waals surface area contributed by atoms with Gasteiger partial charge in [0.05, 0.1) is 22.8 Å². The Balaban J connectivity index is 1.63. The zero-order chi connectivity index (χ0) is 21.5. The normalized spacial score (nSPS) is 20.3. The van der Waals surface area contributed by atoms with Gasteiger partial charge < -0.3 is 9.64 Å². The van der Waals surface area contributed by atoms with Gasteiger partial charge in [-0.15, -0.1) is 0 Å². The molecular formula is C22H19ClN4O4. The van der Waals surface area contributed by atoms with Gasteiger partial charge in [0.25, 0.3) is 11.6 Å². The van der Waals surface area contributed by atoms with Gasteiger partial charge in [0.15, 0.2) is 0 Å². The third-order valence-corrected chi connectivity index (χ3v) is 6.05. The highest BCUT2D eigenvalue weighted by Crippen LogP contribution is 2.43. The van der Waals surface area contributed by atoms with Crippen molar-refractivity contribution in [3.8, 4) is 11.3 Å². The molecule has 2 unspecified atom stereocenters. The number of aromatic amines is 1. The molecule has 1 saturated heterocycles. The number of benzene rings is 2. The molecule has 8 nitrogen and oxygen atoms in total. The minimum Gasteiger partial charge on any atom is -0.376 e. The van der Waals surface area contributed by atoms with Crippen LogP contribution < -0.4 is 0 Å². The molecule has 1 aromatic heterocycles. The number of carbonyl (C=O) groups is 1. The number of amides is 1. The van der Waals surface area contributed by atoms with Crippen LogP contribution in [0.15, 0.2) is 48.5 Å². The van der Waals surface area contributed by atoms with Gasteiger partial charge in [0, 0.05) is 41.4 Å². The molecule has 9 heteroatoms. The Kier molecular flexibility index (Phi) is 4.95. The summed E-state index contributed by atoms with van der Waals surface area (Å²) < 4.78 is 5.77. The minimum atomic E-state index is -0.504. The molecule has 0 radical (unpaired) electrons. The van der Waals surface area contributed by atoms with Crippen molar-refractivity contribution in [1.82, 2.24) is 15.1 Å². The van der Waals surface area contributed by atoms with Crippen LogP contribution >= 0.6 is 11.6 Å². The number of ether oxygens (including phenoxy) is 1. The van der Waals surface area contributed by atoms with E-state index < -0.39 is 11.0 Å². The van der Waals surface area contributed by atoms with E-state index in [4.69, 9.17) is 16.3 Å². The zero-order valence-corrected chi connectivity index (χ0v) is 17.2. The largest absolute Gasteiger partial charge is 0.376 e. The number of aromatic nitrogens is 2. The van der Waals surface area contributed by atoms with Gasteiger partial charge in [-0.3, -0.25) is 20.0 Å². The second kappa shape index (κ2) is 7.79. The van der Waals surface area contributed by atoms with Gasteiger partial charge in [-0.05, 0) is 30.5 Å². The summed E-state index contributed by atoms with van der Waals surface area (Å²) in [5, 5.41) is 19.3. The van der Waals surface area contributed by atoms with E-state index >= 15 is 0 Å². The number of halogens is 1. The monoisotopic (exact) mass is 438 g/mol. The molecule has 0 saturated carbocycles. The van der Waals surface area contributed by atoms with Crippen LogP contribution in [0.25, 0.3) is 11.3 Å². The predicted octanol–water partition coefficient (Wildman–Crippen LogP) is 4.36. The fraction of sp³-hybridized carbons (Fsp3) is 0.273. The molecule has 0 bridgehead atoms. The topological polar surface area (TPSA) is 101 Å². The van der Waals surface area contributed by atoms with E-state index in [1.807, 2.05) is 12.1 Å². The predicted molar refractivity (Wildman–Crippen MR) is 114 cm³/mol. The Hall–Kier alpha value is -3.23. The highest BCUT2D eigenvalue weighted by Gasteiger charge is 2.43. The first-order valence-electron chi connectivity index (χ1n) is 10.0. The molecule has 0 spiro atoms. The van der Waals surface area contributed by atoms with Crippen LogP contribution in [-0.2, 0) is 4.74 Å². The SMILES string of the molecule is O=C1c2[nH]nc(-c3ccc(Cl)cc3)c2C(c2cccc([N+](=O)[O-])c2)N1CC1CCCO1. The van der Waals surface area contributed by atoms with Crippen LogP contribution in [0.5, 0.6) is 0 Å². The van der Waals surface area contributed by atoms with Gasteiger partial charge >= 0.3 is 0 Å². The van der Waals surface area contributed by atoms with E-state index in [2.05, 4.69) is 10.2 Å². The van der Waals surface area contributed by atoms with Crippen LogP contribution in [0.4, 0.5) is 5.69 Å². The van der Waals surface area contributed by atoms with Crippen molar-refractivity contribution in [3.05, 3.63) is 80.5 Å². The number of hydrogen-bond donors (Lipinski definition) is 1. The number of non-ortho nitro benzene ring substituents is 1. The van der Waals surface area contributed by atoms with E-state index in [0.29, 0.717) is 40.7 Å². The molecule has 158 valence electrons. The fourth-order valence-corrected chi connectivity index (χ4v) is 4.50. The Bertz CT molecular complexity index is 1150. The molecule has 0 aliphatic carbocycles. The number of nitro groups is 1. The third-order valence-electron chi connectivity index (χ3n) is 5.80. The van der Waals surface area contributed by atoms with E-state index in [1.165, 1.54) is 12.1 Å². The van der Waals surface area contributed by atoms with Crippen LogP contribution in [0, 0.1) is 10.1 Å². The minimum absolute atomic E-state index is 0.0213. The Morgan fingerprint density at radius 2 is 2.06 bits per heavy atom. The molecule has 1 N–H and O–H groups in total. The summed E-state index contributed by atoms with van der Waals surface area (Å²) in [6.07, 6.45) is 1.78. The number of fused-ring (bicyclic) bond motifs is 1. The van der Waals surface area contributed by atoms with Crippen molar-refractivity contribution in [2.24, 2.45) is 0 Å². The summed E-state index contributed by atoms with van der Waals surface area (Å²) in [7, 11) is 0. The second-order valence-corrected chi connectivity index (χ2v) is 8.15. The molecule has 5 rings (SSSR count). The lowest BCUT2D eigenvalue weighted by Crippen LogP contribution is -2.36. The average Bonchev–Trinajstić information content (AvgIpc) is 3.49. The summed E-state index contributed by atoms with van der Waals surface area (Å²) in [4.78, 5) is 26.0. The summed E-state index contributed by atoms with van der Waals surface area (Å²) in [6, 6.07) is 13.1. The van der Waals surface area contributed by atoms with Crippen LogP contribution in [0.2, 0.25) is 5.02 Å². The maximum absolute atomic E-state index is 13.3. The van der Waals surface area contributed by atoms with Crippen molar-refractivity contribution in [2.45, 2.75) is 25.0 Å². The van der Waals surface area contributed by atoms with E-state index in [9.17, 15) is 14.9 Å². The molecule has 2 aliphatic heterocycles. The maximum Gasteiger partial charge on any atom is 0.273 e. The molecule has 3 aromatic rings. The van der Waals surface area contributed by atoms with Crippen LogP contribution in [-0.4, -0.2) is 45.2 Å². The van der Waals surface area contributed by atoms with Crippen molar-refractivity contribution >= 4 is 23.2 Å². The molecule has 1 amide bonds. The van der Waals surface area contributed by atoms with Crippen molar-refractivity contribution in [2.75, 3.05) is 13.2 Å². The smallest absolute Gasteiger partial charge is 0.273 e. The maximum atomic E-state index is 13.3. The van der Waals surface area contributed by atoms with E-state index in [-0.39, 0.29) is 17.7 Å². The van der Waals surface area contributed by atoms with Crippen molar-refractivity contribution < 1.29 is 14.5 Å². The van der Waals surface area contributed by atoms with Crippen molar-refractivity contribution in [3.63, 3.8) is 0 Å². The Morgan fingerprint density at radius 1 is 1.26 bits per heavy atom. The standard InChI is InChI=1S/C22H19ClN4O4/c23-15-8-6-13(7-9-15)19-18-20(25-24-19)22(28)26(12-17-5-2-10-31-17)21(18)14-3-1-4-16(11-14)27(29)30/h1,3-4,6-9,11,17,21H,2,5,10,12H2,(H,24,25). The van der Waals surface area contributed by atoms with Gasteiger partial charge in [0.1, 0.15) is 5.69 Å². The Morgan fingerprint density at radius 3 is 2.77 bits per heavy atom.